The van der Waals surface area contributed by atoms with E-state index in [2.05, 4.69) is 15.5 Å². The summed E-state index contributed by atoms with van der Waals surface area (Å²) in [4.78, 5) is 12.3. The Morgan fingerprint density at radius 2 is 1.95 bits per heavy atom. The molecule has 21 heavy (non-hydrogen) atoms. The summed E-state index contributed by atoms with van der Waals surface area (Å²) in [5, 5.41) is 11.0. The molecule has 0 radical (unpaired) electrons. The van der Waals surface area contributed by atoms with Gasteiger partial charge in [0, 0.05) is 16.5 Å². The van der Waals surface area contributed by atoms with E-state index in [0.29, 0.717) is 5.02 Å². The number of hydrogen-bond donors (Lipinski definition) is 2. The number of carbonyl (C=O) groups excluding carboxylic acids is 1. The van der Waals surface area contributed by atoms with Crippen molar-refractivity contribution in [2.24, 2.45) is 5.92 Å². The minimum Gasteiger partial charge on any atom is -0.322 e. The van der Waals surface area contributed by atoms with E-state index in [-0.39, 0.29) is 11.8 Å². The van der Waals surface area contributed by atoms with Gasteiger partial charge in [0.15, 0.2) is 0 Å². The van der Waals surface area contributed by atoms with Gasteiger partial charge in [-0.05, 0) is 31.9 Å². The van der Waals surface area contributed by atoms with Crippen molar-refractivity contribution in [1.82, 2.24) is 10.2 Å². The minimum atomic E-state index is 0.104. The molecule has 1 aromatic carbocycles. The van der Waals surface area contributed by atoms with Crippen molar-refractivity contribution in [3.63, 3.8) is 0 Å². The molecule has 1 amide bonds. The number of carbonyl (C=O) groups is 1. The number of hydrogen-bond acceptors (Lipinski definition) is 2. The molecule has 0 atom stereocenters. The maximum atomic E-state index is 12.3. The molecule has 0 saturated heterocycles. The highest BCUT2D eigenvalue weighted by Gasteiger charge is 2.24. The van der Waals surface area contributed by atoms with Crippen LogP contribution in [0.25, 0.3) is 11.3 Å². The fourth-order valence-corrected chi connectivity index (χ4v) is 2.94. The Labute approximate surface area is 128 Å². The molecule has 110 valence electrons. The zero-order chi connectivity index (χ0) is 14.8. The van der Waals surface area contributed by atoms with Gasteiger partial charge in [0.1, 0.15) is 5.69 Å². The Morgan fingerprint density at radius 1 is 1.29 bits per heavy atom. The third-order valence-corrected chi connectivity index (χ3v) is 4.29. The number of rotatable bonds is 3. The van der Waals surface area contributed by atoms with Gasteiger partial charge >= 0.3 is 0 Å². The highest BCUT2D eigenvalue weighted by Crippen LogP contribution is 2.31. The number of amides is 1. The van der Waals surface area contributed by atoms with E-state index < -0.39 is 0 Å². The standard InChI is InChI=1S/C16H18ClN3O/c1-10-14(18-16(21)12-4-2-3-5-12)15(20-19-10)11-6-8-13(17)9-7-11/h6-9,12H,2-5H2,1H3,(H,18,21)(H,19,20). The van der Waals surface area contributed by atoms with E-state index in [1.165, 1.54) is 0 Å². The lowest BCUT2D eigenvalue weighted by molar-refractivity contribution is -0.119. The molecule has 1 aromatic heterocycles. The van der Waals surface area contributed by atoms with Gasteiger partial charge in [-0.15, -0.1) is 0 Å². The van der Waals surface area contributed by atoms with E-state index in [4.69, 9.17) is 11.6 Å². The predicted octanol–water partition coefficient (Wildman–Crippen LogP) is 4.17. The van der Waals surface area contributed by atoms with Crippen LogP contribution in [0.15, 0.2) is 24.3 Å². The van der Waals surface area contributed by atoms with E-state index in [1.54, 1.807) is 0 Å². The molecule has 2 N–H and O–H groups in total. The molecular weight excluding hydrogens is 286 g/mol. The quantitative estimate of drug-likeness (QED) is 0.894. The second-order valence-electron chi connectivity index (χ2n) is 5.55. The van der Waals surface area contributed by atoms with Crippen LogP contribution in [-0.4, -0.2) is 16.1 Å². The normalized spacial score (nSPS) is 15.3. The maximum absolute atomic E-state index is 12.3. The van der Waals surface area contributed by atoms with Crippen molar-refractivity contribution in [3.8, 4) is 11.3 Å². The average Bonchev–Trinajstić information content (AvgIpc) is 3.11. The van der Waals surface area contributed by atoms with Crippen molar-refractivity contribution in [3.05, 3.63) is 35.0 Å². The second-order valence-corrected chi connectivity index (χ2v) is 5.99. The summed E-state index contributed by atoms with van der Waals surface area (Å²) in [6.07, 6.45) is 4.26. The van der Waals surface area contributed by atoms with Gasteiger partial charge in [0.05, 0.1) is 11.4 Å². The first-order chi connectivity index (χ1) is 10.1. The number of benzene rings is 1. The lowest BCUT2D eigenvalue weighted by Crippen LogP contribution is -2.20. The highest BCUT2D eigenvalue weighted by molar-refractivity contribution is 6.30. The van der Waals surface area contributed by atoms with Crippen LogP contribution in [0.3, 0.4) is 0 Å². The van der Waals surface area contributed by atoms with Gasteiger partial charge in [-0.3, -0.25) is 9.89 Å². The average molecular weight is 304 g/mol. The molecule has 0 unspecified atom stereocenters. The Balaban J connectivity index is 1.86. The summed E-state index contributed by atoms with van der Waals surface area (Å²) >= 11 is 5.92. The summed E-state index contributed by atoms with van der Waals surface area (Å²) in [5.41, 5.74) is 3.33. The molecule has 1 fully saturated rings. The molecule has 1 heterocycles. The molecule has 1 aliphatic rings. The van der Waals surface area contributed by atoms with Crippen LogP contribution in [0.4, 0.5) is 5.69 Å². The Morgan fingerprint density at radius 3 is 2.62 bits per heavy atom. The molecule has 0 aliphatic heterocycles. The second kappa shape index (κ2) is 5.90. The van der Waals surface area contributed by atoms with Gasteiger partial charge in [0.25, 0.3) is 0 Å². The molecule has 4 nitrogen and oxygen atoms in total. The first-order valence-electron chi connectivity index (χ1n) is 7.27. The number of aryl methyl sites for hydroxylation is 1. The molecule has 1 aliphatic carbocycles. The molecule has 5 heteroatoms. The summed E-state index contributed by atoms with van der Waals surface area (Å²) in [7, 11) is 0. The number of aromatic amines is 1. The van der Waals surface area contributed by atoms with E-state index >= 15 is 0 Å². The number of anilines is 1. The van der Waals surface area contributed by atoms with Crippen LogP contribution in [0.5, 0.6) is 0 Å². The number of H-pyrrole nitrogens is 1. The van der Waals surface area contributed by atoms with Crippen molar-refractivity contribution in [2.75, 3.05) is 5.32 Å². The van der Waals surface area contributed by atoms with Crippen molar-refractivity contribution < 1.29 is 4.79 Å². The maximum Gasteiger partial charge on any atom is 0.227 e. The fourth-order valence-electron chi connectivity index (χ4n) is 2.81. The van der Waals surface area contributed by atoms with Crippen LogP contribution in [0.1, 0.15) is 31.4 Å². The summed E-state index contributed by atoms with van der Waals surface area (Å²) in [5.74, 6) is 0.240. The fraction of sp³-hybridized carbons (Fsp3) is 0.375. The van der Waals surface area contributed by atoms with E-state index in [0.717, 1.165) is 48.3 Å². The number of halogens is 1. The molecule has 2 aromatic rings. The van der Waals surface area contributed by atoms with Gasteiger partial charge in [-0.25, -0.2) is 0 Å². The third-order valence-electron chi connectivity index (χ3n) is 4.04. The van der Waals surface area contributed by atoms with Crippen molar-refractivity contribution >= 4 is 23.2 Å². The third kappa shape index (κ3) is 2.95. The van der Waals surface area contributed by atoms with Crippen LogP contribution >= 0.6 is 11.6 Å². The lowest BCUT2D eigenvalue weighted by atomic mass is 10.1. The Hall–Kier alpha value is -1.81. The number of aromatic nitrogens is 2. The Bertz CT molecular complexity index is 642. The molecule has 3 rings (SSSR count). The number of nitrogens with one attached hydrogen (secondary N) is 2. The molecule has 0 bridgehead atoms. The Kier molecular flexibility index (Phi) is 3.97. The van der Waals surface area contributed by atoms with Crippen molar-refractivity contribution in [1.29, 1.82) is 0 Å². The van der Waals surface area contributed by atoms with Crippen LogP contribution in [0, 0.1) is 12.8 Å². The summed E-state index contributed by atoms with van der Waals surface area (Å²) in [6, 6.07) is 7.46. The van der Waals surface area contributed by atoms with E-state index in [9.17, 15) is 4.79 Å². The highest BCUT2D eigenvalue weighted by atomic mass is 35.5. The topological polar surface area (TPSA) is 57.8 Å². The zero-order valence-electron chi connectivity index (χ0n) is 11.9. The first-order valence-corrected chi connectivity index (χ1v) is 7.64. The first kappa shape index (κ1) is 14.1. The van der Waals surface area contributed by atoms with Gasteiger partial charge in [0.2, 0.25) is 5.91 Å². The largest absolute Gasteiger partial charge is 0.322 e. The van der Waals surface area contributed by atoms with Crippen molar-refractivity contribution in [2.45, 2.75) is 32.6 Å². The van der Waals surface area contributed by atoms with Gasteiger partial charge < -0.3 is 5.32 Å². The van der Waals surface area contributed by atoms with Gasteiger partial charge in [-0.2, -0.15) is 5.10 Å². The summed E-state index contributed by atoms with van der Waals surface area (Å²) < 4.78 is 0. The molecule has 0 spiro atoms. The van der Waals surface area contributed by atoms with Gasteiger partial charge in [-0.1, -0.05) is 36.6 Å². The number of nitrogens with zero attached hydrogens (tertiary/aromatic N) is 1. The zero-order valence-corrected chi connectivity index (χ0v) is 12.7. The van der Waals surface area contributed by atoms with E-state index in [1.807, 2.05) is 31.2 Å². The molecular formula is C16H18ClN3O. The van der Waals surface area contributed by atoms with Crippen LogP contribution in [-0.2, 0) is 4.79 Å². The van der Waals surface area contributed by atoms with Crippen LogP contribution in [0.2, 0.25) is 5.02 Å². The van der Waals surface area contributed by atoms with Crippen LogP contribution < -0.4 is 5.32 Å². The summed E-state index contributed by atoms with van der Waals surface area (Å²) in [6.45, 7) is 1.91. The smallest absolute Gasteiger partial charge is 0.227 e. The minimum absolute atomic E-state index is 0.104. The lowest BCUT2D eigenvalue weighted by Gasteiger charge is -2.11. The molecule has 1 saturated carbocycles. The SMILES string of the molecule is Cc1[nH]nc(-c2ccc(Cl)cc2)c1NC(=O)C1CCCC1. The monoisotopic (exact) mass is 303 g/mol. The predicted molar refractivity (Wildman–Crippen MR) is 84.4 cm³/mol.